The molecule has 1 spiro atoms. The van der Waals surface area contributed by atoms with Gasteiger partial charge < -0.3 is 35.6 Å². The Morgan fingerprint density at radius 2 is 1.84 bits per heavy atom. The number of nitrogens with two attached hydrogens (primary N) is 1. The lowest BCUT2D eigenvalue weighted by Gasteiger charge is -2.53. The molecule has 13 nitrogen and oxygen atoms in total. The molecular formula is C31H42N10O3. The summed E-state index contributed by atoms with van der Waals surface area (Å²) in [4.78, 5) is 29.6. The molecule has 1 saturated carbocycles. The third kappa shape index (κ3) is 5.66. The number of piperazine rings is 1. The molecule has 1 amide bonds. The van der Waals surface area contributed by atoms with Crippen LogP contribution in [0.5, 0.6) is 5.75 Å². The number of methoxy groups -OCH3 is 1. The molecule has 0 radical (unpaired) electrons. The van der Waals surface area contributed by atoms with Crippen LogP contribution in [-0.4, -0.2) is 115 Å². The van der Waals surface area contributed by atoms with Crippen molar-refractivity contribution in [2.24, 2.45) is 11.1 Å². The molecule has 13 heteroatoms. The standard InChI is InChI=1S/C31H42N10O3/c1-39-11-13-40(14-12-39)22-6-9-41(10-7-22)24-4-3-20(15-25(24)43-2)34-30-27(28(32)42)36-26(23-5-8-33-38-23)29(37-30)35-21-16-31(17-21)18-44-19-31/h3-5,8,15,21-22H,6-7,9-14,16-19H2,1-2H3,(H2,32,42)(H,33,38)(H2,34,35,37). The van der Waals surface area contributed by atoms with Crippen molar-refractivity contribution >= 4 is 28.9 Å². The van der Waals surface area contributed by atoms with E-state index in [1.54, 1.807) is 19.4 Å². The summed E-state index contributed by atoms with van der Waals surface area (Å²) >= 11 is 0. The quantitative estimate of drug-likeness (QED) is 0.286. The number of anilines is 4. The number of benzene rings is 1. The third-order valence-electron chi connectivity index (χ3n) is 9.69. The molecule has 44 heavy (non-hydrogen) atoms. The summed E-state index contributed by atoms with van der Waals surface area (Å²) in [7, 11) is 3.89. The first-order chi connectivity index (χ1) is 21.4. The second-order valence-electron chi connectivity index (χ2n) is 12.8. The maximum Gasteiger partial charge on any atom is 0.271 e. The molecule has 2 aromatic heterocycles. The van der Waals surface area contributed by atoms with E-state index >= 15 is 0 Å². The zero-order chi connectivity index (χ0) is 30.3. The molecule has 3 aliphatic heterocycles. The molecule has 234 valence electrons. The normalized spacial score (nSPS) is 21.1. The van der Waals surface area contributed by atoms with Crippen molar-refractivity contribution in [1.82, 2.24) is 30.0 Å². The Kier molecular flexibility index (Phi) is 7.77. The smallest absolute Gasteiger partial charge is 0.271 e. The van der Waals surface area contributed by atoms with E-state index in [9.17, 15) is 4.79 Å². The van der Waals surface area contributed by atoms with Gasteiger partial charge in [-0.05, 0) is 50.9 Å². The van der Waals surface area contributed by atoms with Gasteiger partial charge in [0, 0.05) is 74.7 Å². The van der Waals surface area contributed by atoms with Crippen LogP contribution in [0, 0.1) is 5.41 Å². The van der Waals surface area contributed by atoms with Gasteiger partial charge in [0.25, 0.3) is 5.91 Å². The first-order valence-electron chi connectivity index (χ1n) is 15.6. The zero-order valence-electron chi connectivity index (χ0n) is 25.5. The van der Waals surface area contributed by atoms with Crippen molar-refractivity contribution in [3.63, 3.8) is 0 Å². The molecule has 4 fully saturated rings. The fraction of sp³-hybridized carbons (Fsp3) is 0.548. The summed E-state index contributed by atoms with van der Waals surface area (Å²) in [5.74, 6) is 0.916. The van der Waals surface area contributed by atoms with Crippen LogP contribution >= 0.6 is 0 Å². The molecule has 0 atom stereocenters. The number of piperidine rings is 1. The van der Waals surface area contributed by atoms with Crippen LogP contribution in [0.25, 0.3) is 11.4 Å². The topological polar surface area (TPSA) is 150 Å². The predicted molar refractivity (Wildman–Crippen MR) is 169 cm³/mol. The molecule has 3 aromatic rings. The van der Waals surface area contributed by atoms with Gasteiger partial charge in [-0.15, -0.1) is 0 Å². The lowest BCUT2D eigenvalue weighted by Crippen LogP contribution is -2.56. The first kappa shape index (κ1) is 28.8. The van der Waals surface area contributed by atoms with Gasteiger partial charge >= 0.3 is 0 Å². The van der Waals surface area contributed by atoms with Gasteiger partial charge in [-0.25, -0.2) is 9.97 Å². The molecule has 0 unspecified atom stereocenters. The second-order valence-corrected chi connectivity index (χ2v) is 12.8. The average Bonchev–Trinajstić information content (AvgIpc) is 3.53. The number of hydrogen-bond donors (Lipinski definition) is 4. The number of hydrogen-bond acceptors (Lipinski definition) is 11. The highest BCUT2D eigenvalue weighted by Gasteiger charge is 2.50. The minimum absolute atomic E-state index is 0.0417. The molecule has 7 rings (SSSR count). The summed E-state index contributed by atoms with van der Waals surface area (Å²) < 4.78 is 11.3. The van der Waals surface area contributed by atoms with E-state index in [4.69, 9.17) is 20.2 Å². The van der Waals surface area contributed by atoms with Crippen LogP contribution in [0.1, 0.15) is 36.2 Å². The Balaban J connectivity index is 1.10. The number of primary amides is 1. The minimum atomic E-state index is -0.677. The van der Waals surface area contributed by atoms with E-state index in [0.717, 1.165) is 95.3 Å². The number of amides is 1. The average molecular weight is 603 g/mol. The number of H-pyrrole nitrogens is 1. The molecule has 1 aliphatic carbocycles. The van der Waals surface area contributed by atoms with Gasteiger partial charge in [0.15, 0.2) is 17.3 Å². The van der Waals surface area contributed by atoms with Crippen molar-refractivity contribution in [1.29, 1.82) is 0 Å². The fourth-order valence-corrected chi connectivity index (χ4v) is 7.09. The van der Waals surface area contributed by atoms with Crippen LogP contribution in [0.2, 0.25) is 0 Å². The molecule has 4 aliphatic rings. The van der Waals surface area contributed by atoms with Crippen molar-refractivity contribution in [3.8, 4) is 17.1 Å². The number of aromatic nitrogens is 4. The van der Waals surface area contributed by atoms with Crippen molar-refractivity contribution in [3.05, 3.63) is 36.2 Å². The molecule has 3 saturated heterocycles. The number of nitrogens with zero attached hydrogens (tertiary/aromatic N) is 6. The second kappa shape index (κ2) is 11.9. The van der Waals surface area contributed by atoms with Crippen LogP contribution in [-0.2, 0) is 4.74 Å². The van der Waals surface area contributed by atoms with Crippen LogP contribution < -0.4 is 26.0 Å². The van der Waals surface area contributed by atoms with Crippen molar-refractivity contribution in [2.45, 2.75) is 37.8 Å². The Morgan fingerprint density at radius 1 is 1.07 bits per heavy atom. The highest BCUT2D eigenvalue weighted by molar-refractivity contribution is 5.97. The number of likely N-dealkylation sites (N-methyl/N-ethyl adjacent to an activating group) is 1. The maximum absolute atomic E-state index is 12.6. The molecule has 5 N–H and O–H groups in total. The van der Waals surface area contributed by atoms with E-state index in [1.807, 2.05) is 12.1 Å². The van der Waals surface area contributed by atoms with Gasteiger partial charge in [-0.2, -0.15) is 5.10 Å². The van der Waals surface area contributed by atoms with Gasteiger partial charge in [0.2, 0.25) is 0 Å². The Morgan fingerprint density at radius 3 is 2.48 bits per heavy atom. The number of carbonyl (C=O) groups is 1. The minimum Gasteiger partial charge on any atom is -0.495 e. The molecule has 1 aromatic carbocycles. The Hall–Kier alpha value is -3.94. The summed E-state index contributed by atoms with van der Waals surface area (Å²) in [5.41, 5.74) is 8.98. The number of nitrogens with one attached hydrogen (secondary N) is 3. The fourth-order valence-electron chi connectivity index (χ4n) is 7.09. The van der Waals surface area contributed by atoms with Crippen LogP contribution in [0.15, 0.2) is 30.5 Å². The molecule has 0 bridgehead atoms. The van der Waals surface area contributed by atoms with E-state index in [2.05, 4.69) is 53.6 Å². The highest BCUT2D eigenvalue weighted by Crippen LogP contribution is 2.48. The number of aromatic amines is 1. The Bertz CT molecular complexity index is 1470. The van der Waals surface area contributed by atoms with E-state index in [1.165, 1.54) is 0 Å². The van der Waals surface area contributed by atoms with Gasteiger partial charge in [0.1, 0.15) is 17.1 Å². The summed E-state index contributed by atoms with van der Waals surface area (Å²) in [6.45, 7) is 8.17. The maximum atomic E-state index is 12.6. The highest BCUT2D eigenvalue weighted by atomic mass is 16.5. The Labute approximate surface area is 257 Å². The largest absolute Gasteiger partial charge is 0.495 e. The van der Waals surface area contributed by atoms with Crippen molar-refractivity contribution < 1.29 is 14.3 Å². The number of ether oxygens (including phenoxy) is 2. The summed E-state index contributed by atoms with van der Waals surface area (Å²) in [6, 6.07) is 8.66. The SMILES string of the molecule is COc1cc(Nc2nc(NC3CC4(COC4)C3)c(-c3cc[nH]n3)nc2C(N)=O)ccc1N1CCC(N2CCN(C)CC2)CC1. The predicted octanol–water partition coefficient (Wildman–Crippen LogP) is 2.52. The number of rotatable bonds is 9. The zero-order valence-corrected chi connectivity index (χ0v) is 25.5. The first-order valence-corrected chi connectivity index (χ1v) is 15.6. The number of carbonyl (C=O) groups excluding carboxylic acids is 1. The van der Waals surface area contributed by atoms with Gasteiger partial charge in [0.05, 0.1) is 26.0 Å². The van der Waals surface area contributed by atoms with E-state index < -0.39 is 5.91 Å². The van der Waals surface area contributed by atoms with Gasteiger partial charge in [-0.3, -0.25) is 14.8 Å². The molecule has 5 heterocycles. The lowest BCUT2D eigenvalue weighted by molar-refractivity contribution is -0.159. The van der Waals surface area contributed by atoms with Crippen LogP contribution in [0.4, 0.5) is 23.0 Å². The molecular weight excluding hydrogens is 560 g/mol. The van der Waals surface area contributed by atoms with E-state index in [-0.39, 0.29) is 23.0 Å². The third-order valence-corrected chi connectivity index (χ3v) is 9.69. The van der Waals surface area contributed by atoms with E-state index in [0.29, 0.717) is 23.2 Å². The van der Waals surface area contributed by atoms with Crippen LogP contribution in [0.3, 0.4) is 0 Å². The van der Waals surface area contributed by atoms with Gasteiger partial charge in [-0.1, -0.05) is 0 Å². The monoisotopic (exact) mass is 602 g/mol. The van der Waals surface area contributed by atoms with Crippen molar-refractivity contribution in [2.75, 3.05) is 82.2 Å². The summed E-state index contributed by atoms with van der Waals surface area (Å²) in [5, 5.41) is 14.0. The lowest BCUT2D eigenvalue weighted by atomic mass is 9.64. The summed E-state index contributed by atoms with van der Waals surface area (Å²) in [6.07, 6.45) is 5.99.